The Hall–Kier alpha value is -2.98. The Balaban J connectivity index is 1.32. The lowest BCUT2D eigenvalue weighted by Gasteiger charge is -2.23. The second-order valence-electron chi connectivity index (χ2n) is 8.64. The van der Waals surface area contributed by atoms with Gasteiger partial charge in [-0.2, -0.15) is 5.26 Å². The zero-order valence-electron chi connectivity index (χ0n) is 19.0. The van der Waals surface area contributed by atoms with E-state index in [2.05, 4.69) is 63.8 Å². The van der Waals surface area contributed by atoms with E-state index >= 15 is 0 Å². The van der Waals surface area contributed by atoms with E-state index in [-0.39, 0.29) is 11.9 Å². The minimum absolute atomic E-state index is 0.0644. The molecule has 0 saturated carbocycles. The van der Waals surface area contributed by atoms with Gasteiger partial charge in [0, 0.05) is 24.5 Å². The van der Waals surface area contributed by atoms with E-state index in [9.17, 15) is 4.79 Å². The Morgan fingerprint density at radius 2 is 1.76 bits per heavy atom. The molecule has 4 rings (SSSR count). The lowest BCUT2D eigenvalue weighted by atomic mass is 10.0. The van der Waals surface area contributed by atoms with Crippen LogP contribution in [0, 0.1) is 18.3 Å². The lowest BCUT2D eigenvalue weighted by molar-refractivity contribution is -0.122. The number of rotatable bonds is 7. The third-order valence-electron chi connectivity index (χ3n) is 6.08. The summed E-state index contributed by atoms with van der Waals surface area (Å²) < 4.78 is 0. The van der Waals surface area contributed by atoms with Gasteiger partial charge in [-0.15, -0.1) is 11.3 Å². The summed E-state index contributed by atoms with van der Waals surface area (Å²) >= 11 is 1.67. The molecule has 0 radical (unpaired) electrons. The molecule has 1 atom stereocenters. The number of benzene rings is 2. The Bertz CT molecular complexity index is 1070. The van der Waals surface area contributed by atoms with Crippen LogP contribution in [0.2, 0.25) is 0 Å². The number of amides is 1. The smallest absolute Gasteiger partial charge is 0.234 e. The van der Waals surface area contributed by atoms with Gasteiger partial charge in [-0.05, 0) is 61.1 Å². The third-order valence-corrected chi connectivity index (χ3v) is 7.02. The third kappa shape index (κ3) is 6.52. The van der Waals surface area contributed by atoms with Gasteiger partial charge in [0.2, 0.25) is 5.91 Å². The molecule has 0 aliphatic carbocycles. The minimum Gasteiger partial charge on any atom is -0.343 e. The van der Waals surface area contributed by atoms with Crippen molar-refractivity contribution in [3.05, 3.63) is 93.2 Å². The highest BCUT2D eigenvalue weighted by molar-refractivity contribution is 7.10. The van der Waals surface area contributed by atoms with Crippen molar-refractivity contribution in [2.45, 2.75) is 25.9 Å². The molecule has 3 aromatic rings. The fourth-order valence-electron chi connectivity index (χ4n) is 4.23. The van der Waals surface area contributed by atoms with Crippen LogP contribution in [0.4, 0.5) is 0 Å². The molecular weight excluding hydrogens is 428 g/mol. The van der Waals surface area contributed by atoms with Crippen LogP contribution in [-0.4, -0.2) is 48.4 Å². The largest absolute Gasteiger partial charge is 0.343 e. The van der Waals surface area contributed by atoms with Crippen LogP contribution in [0.5, 0.6) is 0 Å². The van der Waals surface area contributed by atoms with E-state index in [1.807, 2.05) is 30.3 Å². The molecule has 5 nitrogen and oxygen atoms in total. The molecule has 1 unspecified atom stereocenters. The van der Waals surface area contributed by atoms with E-state index in [0.29, 0.717) is 12.1 Å². The number of nitrogens with one attached hydrogen (secondary N) is 1. The van der Waals surface area contributed by atoms with Crippen LogP contribution >= 0.6 is 11.3 Å². The predicted molar refractivity (Wildman–Crippen MR) is 133 cm³/mol. The van der Waals surface area contributed by atoms with Crippen molar-refractivity contribution < 1.29 is 4.79 Å². The van der Waals surface area contributed by atoms with E-state index in [1.54, 1.807) is 11.3 Å². The zero-order valence-corrected chi connectivity index (χ0v) is 19.9. The molecule has 0 spiro atoms. The molecule has 1 amide bonds. The van der Waals surface area contributed by atoms with Gasteiger partial charge in [-0.3, -0.25) is 14.6 Å². The quantitative estimate of drug-likeness (QED) is 0.572. The zero-order chi connectivity index (χ0) is 23.0. The van der Waals surface area contributed by atoms with E-state index in [0.717, 1.165) is 49.6 Å². The highest BCUT2D eigenvalue weighted by Crippen LogP contribution is 2.26. The molecule has 1 aliphatic heterocycles. The average Bonchev–Trinajstić information content (AvgIpc) is 3.28. The first kappa shape index (κ1) is 23.2. The summed E-state index contributed by atoms with van der Waals surface area (Å²) in [4.78, 5) is 18.9. The van der Waals surface area contributed by atoms with Gasteiger partial charge >= 0.3 is 0 Å². The fourth-order valence-corrected chi connectivity index (χ4v) is 5.03. The molecule has 6 heteroatoms. The number of thiophene rings is 1. The van der Waals surface area contributed by atoms with Gasteiger partial charge in [-0.1, -0.05) is 48.0 Å². The number of carbonyl (C=O) groups is 1. The minimum atomic E-state index is -0.113. The summed E-state index contributed by atoms with van der Waals surface area (Å²) in [5.41, 5.74) is 4.24. The molecule has 1 aromatic heterocycles. The van der Waals surface area contributed by atoms with Crippen LogP contribution in [0.3, 0.4) is 0 Å². The number of aryl methyl sites for hydroxylation is 1. The number of nitrogens with zero attached hydrogens (tertiary/aromatic N) is 3. The second kappa shape index (κ2) is 11.2. The van der Waals surface area contributed by atoms with Gasteiger partial charge in [0.1, 0.15) is 0 Å². The van der Waals surface area contributed by atoms with Crippen LogP contribution in [0.15, 0.2) is 66.0 Å². The van der Waals surface area contributed by atoms with Gasteiger partial charge in [0.05, 0.1) is 24.2 Å². The molecule has 170 valence electrons. The van der Waals surface area contributed by atoms with Crippen molar-refractivity contribution in [2.75, 3.05) is 32.7 Å². The fraction of sp³-hybridized carbons (Fsp3) is 0.333. The Morgan fingerprint density at radius 3 is 2.45 bits per heavy atom. The van der Waals surface area contributed by atoms with Crippen molar-refractivity contribution in [3.63, 3.8) is 0 Å². The van der Waals surface area contributed by atoms with Crippen molar-refractivity contribution in [1.29, 1.82) is 5.26 Å². The summed E-state index contributed by atoms with van der Waals surface area (Å²) in [5.74, 6) is 0.0644. The summed E-state index contributed by atoms with van der Waals surface area (Å²) in [6.45, 7) is 7.10. The second-order valence-corrected chi connectivity index (χ2v) is 9.62. The highest BCUT2D eigenvalue weighted by Gasteiger charge is 2.21. The van der Waals surface area contributed by atoms with Crippen LogP contribution in [-0.2, 0) is 11.3 Å². The SMILES string of the molecule is Cc1ccc(C(NC(=O)CN2CCCN(Cc3ccc(C#N)cc3)CC2)c2cccs2)cc1. The maximum absolute atomic E-state index is 13.0. The maximum Gasteiger partial charge on any atom is 0.234 e. The predicted octanol–water partition coefficient (Wildman–Crippen LogP) is 4.34. The van der Waals surface area contributed by atoms with E-state index < -0.39 is 0 Å². The molecule has 1 saturated heterocycles. The summed E-state index contributed by atoms with van der Waals surface area (Å²) in [5, 5.41) is 14.3. The first-order valence-corrected chi connectivity index (χ1v) is 12.3. The Morgan fingerprint density at radius 1 is 1.03 bits per heavy atom. The molecule has 1 N–H and O–H groups in total. The number of hydrogen-bond acceptors (Lipinski definition) is 5. The van der Waals surface area contributed by atoms with Crippen LogP contribution in [0.25, 0.3) is 0 Å². The topological polar surface area (TPSA) is 59.4 Å². The normalized spacial score (nSPS) is 16.0. The van der Waals surface area contributed by atoms with Crippen LogP contribution < -0.4 is 5.32 Å². The summed E-state index contributed by atoms with van der Waals surface area (Å²) in [6, 6.07) is 22.4. The highest BCUT2D eigenvalue weighted by atomic mass is 32.1. The van der Waals surface area contributed by atoms with Crippen molar-refractivity contribution >= 4 is 17.2 Å². The molecular formula is C27H30N4OS. The summed E-state index contributed by atoms with van der Waals surface area (Å²) in [6.07, 6.45) is 1.04. The van der Waals surface area contributed by atoms with Crippen molar-refractivity contribution in [3.8, 4) is 6.07 Å². The first-order chi connectivity index (χ1) is 16.1. The molecule has 2 aromatic carbocycles. The lowest BCUT2D eigenvalue weighted by Crippen LogP contribution is -2.40. The maximum atomic E-state index is 13.0. The molecule has 1 aliphatic rings. The molecule has 1 fully saturated rings. The first-order valence-electron chi connectivity index (χ1n) is 11.4. The molecule has 0 bridgehead atoms. The summed E-state index contributed by atoms with van der Waals surface area (Å²) in [7, 11) is 0. The van der Waals surface area contributed by atoms with Gasteiger partial charge in [0.15, 0.2) is 0 Å². The molecule has 33 heavy (non-hydrogen) atoms. The Labute approximate surface area is 200 Å². The van der Waals surface area contributed by atoms with E-state index in [1.165, 1.54) is 11.1 Å². The van der Waals surface area contributed by atoms with Gasteiger partial charge < -0.3 is 5.32 Å². The Kier molecular flexibility index (Phi) is 7.90. The standard InChI is InChI=1S/C27H30N4OS/c1-21-5-11-24(12-6-21)27(25-4-2-17-33-25)29-26(32)20-31-14-3-13-30(15-16-31)19-23-9-7-22(18-28)8-10-23/h2,4-12,17,27H,3,13-16,19-20H2,1H3,(H,29,32). The number of nitriles is 1. The van der Waals surface area contributed by atoms with Gasteiger partial charge in [0.25, 0.3) is 0 Å². The monoisotopic (exact) mass is 458 g/mol. The van der Waals surface area contributed by atoms with E-state index in [4.69, 9.17) is 5.26 Å². The average molecular weight is 459 g/mol. The number of hydrogen-bond donors (Lipinski definition) is 1. The molecule has 2 heterocycles. The van der Waals surface area contributed by atoms with Gasteiger partial charge in [-0.25, -0.2) is 0 Å². The van der Waals surface area contributed by atoms with Crippen LogP contribution in [0.1, 0.15) is 39.6 Å². The number of carbonyl (C=O) groups excluding carboxylic acids is 1. The van der Waals surface area contributed by atoms with Crippen molar-refractivity contribution in [2.24, 2.45) is 0 Å². The van der Waals surface area contributed by atoms with Crippen molar-refractivity contribution in [1.82, 2.24) is 15.1 Å².